The monoisotopic (exact) mass is 257 g/mol. The number of rotatable bonds is 5. The van der Waals surface area contributed by atoms with Gasteiger partial charge in [0.1, 0.15) is 11.0 Å². The van der Waals surface area contributed by atoms with Crippen LogP contribution in [0.4, 0.5) is 0 Å². The molecule has 0 bridgehead atoms. The Morgan fingerprint density at radius 3 is 2.76 bits per heavy atom. The third-order valence-corrected chi connectivity index (χ3v) is 2.46. The highest BCUT2D eigenvalue weighted by molar-refractivity contribution is 6.29. The third-order valence-electron chi connectivity index (χ3n) is 2.26. The van der Waals surface area contributed by atoms with Gasteiger partial charge in [0.15, 0.2) is 0 Å². The summed E-state index contributed by atoms with van der Waals surface area (Å²) in [5.74, 6) is 0.339. The molecule has 17 heavy (non-hydrogen) atoms. The van der Waals surface area contributed by atoms with Crippen LogP contribution in [0.5, 0.6) is 0 Å². The van der Waals surface area contributed by atoms with Gasteiger partial charge < -0.3 is 4.74 Å². The molecule has 0 saturated carbocycles. The Morgan fingerprint density at radius 1 is 1.53 bits per heavy atom. The van der Waals surface area contributed by atoms with Crippen molar-refractivity contribution in [3.05, 3.63) is 22.7 Å². The Kier molecular flexibility index (Phi) is 5.31. The third kappa shape index (κ3) is 4.66. The van der Waals surface area contributed by atoms with E-state index in [0.717, 1.165) is 5.69 Å². The van der Waals surface area contributed by atoms with Gasteiger partial charge in [-0.1, -0.05) is 18.5 Å². The lowest BCUT2D eigenvalue weighted by atomic mass is 10.4. The summed E-state index contributed by atoms with van der Waals surface area (Å²) < 4.78 is 4.62. The number of carbonyl (C=O) groups is 1. The Hall–Kier alpha value is -1.20. The highest BCUT2D eigenvalue weighted by Crippen LogP contribution is 2.08. The maximum absolute atomic E-state index is 11.2. The summed E-state index contributed by atoms with van der Waals surface area (Å²) in [5, 5.41) is 0.418. The van der Waals surface area contributed by atoms with Crippen LogP contribution in [0.25, 0.3) is 0 Å². The van der Waals surface area contributed by atoms with Crippen LogP contribution in [0.15, 0.2) is 6.07 Å². The first-order chi connectivity index (χ1) is 8.05. The number of carbonyl (C=O) groups excluding carboxylic acids is 1. The molecule has 0 unspecified atom stereocenters. The molecule has 0 radical (unpaired) electrons. The molecule has 0 atom stereocenters. The zero-order chi connectivity index (χ0) is 12.8. The fourth-order valence-corrected chi connectivity index (χ4v) is 1.64. The maximum Gasteiger partial charge on any atom is 0.319 e. The van der Waals surface area contributed by atoms with E-state index in [-0.39, 0.29) is 12.5 Å². The molecule has 0 fully saturated rings. The van der Waals surface area contributed by atoms with E-state index in [1.807, 2.05) is 18.7 Å². The number of esters is 1. The van der Waals surface area contributed by atoms with Crippen LogP contribution in [0.2, 0.25) is 5.15 Å². The number of methoxy groups -OCH3 is 1. The number of aryl methyl sites for hydroxylation is 1. The highest BCUT2D eigenvalue weighted by atomic mass is 35.5. The predicted octanol–water partition coefficient (Wildman–Crippen LogP) is 1.43. The number of ether oxygens (including phenoxy) is 1. The molecular weight excluding hydrogens is 242 g/mol. The SMILES string of the molecule is CCN(CC(=O)OC)Cc1nc(C)cc(Cl)n1. The molecule has 1 aromatic rings. The topological polar surface area (TPSA) is 55.3 Å². The van der Waals surface area contributed by atoms with E-state index in [9.17, 15) is 4.79 Å². The van der Waals surface area contributed by atoms with Crippen molar-refractivity contribution in [2.75, 3.05) is 20.2 Å². The average Bonchev–Trinajstić information content (AvgIpc) is 2.26. The van der Waals surface area contributed by atoms with Crippen molar-refractivity contribution in [3.63, 3.8) is 0 Å². The molecule has 0 aliphatic heterocycles. The Balaban J connectivity index is 2.70. The summed E-state index contributed by atoms with van der Waals surface area (Å²) in [4.78, 5) is 21.4. The molecule has 1 aromatic heterocycles. The molecule has 6 heteroatoms. The van der Waals surface area contributed by atoms with E-state index < -0.39 is 0 Å². The van der Waals surface area contributed by atoms with E-state index >= 15 is 0 Å². The standard InChI is InChI=1S/C11H16ClN3O2/c1-4-15(7-11(16)17-3)6-10-13-8(2)5-9(12)14-10/h5H,4,6-7H2,1-3H3. The fraction of sp³-hybridized carbons (Fsp3) is 0.545. The second kappa shape index (κ2) is 6.51. The molecule has 1 rings (SSSR count). The number of likely N-dealkylation sites (N-methyl/N-ethyl adjacent to an activating group) is 1. The minimum Gasteiger partial charge on any atom is -0.468 e. The van der Waals surface area contributed by atoms with Gasteiger partial charge in [-0.05, 0) is 19.5 Å². The van der Waals surface area contributed by atoms with Crippen molar-refractivity contribution in [1.29, 1.82) is 0 Å². The quantitative estimate of drug-likeness (QED) is 0.590. The van der Waals surface area contributed by atoms with Gasteiger partial charge in [0.2, 0.25) is 0 Å². The van der Waals surface area contributed by atoms with Gasteiger partial charge in [0.25, 0.3) is 0 Å². The molecule has 1 heterocycles. The van der Waals surface area contributed by atoms with E-state index in [2.05, 4.69) is 14.7 Å². The second-order valence-electron chi connectivity index (χ2n) is 3.63. The lowest BCUT2D eigenvalue weighted by Crippen LogP contribution is -2.30. The van der Waals surface area contributed by atoms with Crippen molar-refractivity contribution in [2.24, 2.45) is 0 Å². The van der Waals surface area contributed by atoms with Crippen LogP contribution in [0.3, 0.4) is 0 Å². The Morgan fingerprint density at radius 2 is 2.24 bits per heavy atom. The molecule has 0 aromatic carbocycles. The molecule has 5 nitrogen and oxygen atoms in total. The minimum absolute atomic E-state index is 0.224. The van der Waals surface area contributed by atoms with E-state index in [4.69, 9.17) is 11.6 Å². The molecule has 0 N–H and O–H groups in total. The van der Waals surface area contributed by atoms with Crippen molar-refractivity contribution in [1.82, 2.24) is 14.9 Å². The second-order valence-corrected chi connectivity index (χ2v) is 4.01. The molecule has 0 amide bonds. The first-order valence-electron chi connectivity index (χ1n) is 5.34. The molecule has 0 aliphatic carbocycles. The number of hydrogen-bond acceptors (Lipinski definition) is 5. The van der Waals surface area contributed by atoms with Crippen molar-refractivity contribution < 1.29 is 9.53 Å². The van der Waals surface area contributed by atoms with Gasteiger partial charge in [-0.25, -0.2) is 9.97 Å². The summed E-state index contributed by atoms with van der Waals surface area (Å²) in [5.41, 5.74) is 0.814. The zero-order valence-electron chi connectivity index (χ0n) is 10.2. The average molecular weight is 258 g/mol. The lowest BCUT2D eigenvalue weighted by molar-refractivity contribution is -0.142. The first-order valence-corrected chi connectivity index (χ1v) is 5.72. The van der Waals surface area contributed by atoms with Gasteiger partial charge in [0, 0.05) is 5.69 Å². The number of nitrogens with zero attached hydrogens (tertiary/aromatic N) is 3. The van der Waals surface area contributed by atoms with Gasteiger partial charge in [-0.15, -0.1) is 0 Å². The first kappa shape index (κ1) is 13.9. The normalized spacial score (nSPS) is 10.6. The Bertz CT molecular complexity index is 378. The summed E-state index contributed by atoms with van der Waals surface area (Å²) in [6, 6.07) is 1.70. The van der Waals surface area contributed by atoms with Crippen molar-refractivity contribution in [2.45, 2.75) is 20.4 Å². The van der Waals surface area contributed by atoms with Gasteiger partial charge >= 0.3 is 5.97 Å². The van der Waals surface area contributed by atoms with E-state index in [1.165, 1.54) is 7.11 Å². The van der Waals surface area contributed by atoms with Crippen LogP contribution < -0.4 is 0 Å². The van der Waals surface area contributed by atoms with Gasteiger partial charge in [0.05, 0.1) is 20.2 Å². The maximum atomic E-state index is 11.2. The van der Waals surface area contributed by atoms with Crippen molar-refractivity contribution in [3.8, 4) is 0 Å². The van der Waals surface area contributed by atoms with Crippen LogP contribution in [0, 0.1) is 6.92 Å². The summed E-state index contributed by atoms with van der Waals surface area (Å²) in [6.07, 6.45) is 0. The number of halogens is 1. The minimum atomic E-state index is -0.273. The van der Waals surface area contributed by atoms with E-state index in [1.54, 1.807) is 6.07 Å². The smallest absolute Gasteiger partial charge is 0.319 e. The van der Waals surface area contributed by atoms with Crippen LogP contribution >= 0.6 is 11.6 Å². The van der Waals surface area contributed by atoms with Gasteiger partial charge in [-0.3, -0.25) is 9.69 Å². The summed E-state index contributed by atoms with van der Waals surface area (Å²) in [6.45, 7) is 5.23. The zero-order valence-corrected chi connectivity index (χ0v) is 11.0. The van der Waals surface area contributed by atoms with Crippen molar-refractivity contribution >= 4 is 17.6 Å². The van der Waals surface area contributed by atoms with Gasteiger partial charge in [-0.2, -0.15) is 0 Å². The largest absolute Gasteiger partial charge is 0.468 e. The Labute approximate surface area is 106 Å². The van der Waals surface area contributed by atoms with E-state index in [0.29, 0.717) is 24.1 Å². The van der Waals surface area contributed by atoms with Crippen LogP contribution in [-0.2, 0) is 16.1 Å². The lowest BCUT2D eigenvalue weighted by Gasteiger charge is -2.17. The number of aromatic nitrogens is 2. The summed E-state index contributed by atoms with van der Waals surface area (Å²) >= 11 is 5.85. The molecule has 0 spiro atoms. The predicted molar refractivity (Wildman–Crippen MR) is 64.7 cm³/mol. The van der Waals surface area contributed by atoms with Crippen LogP contribution in [-0.4, -0.2) is 41.0 Å². The highest BCUT2D eigenvalue weighted by Gasteiger charge is 2.11. The molecular formula is C11H16ClN3O2. The summed E-state index contributed by atoms with van der Waals surface area (Å²) in [7, 11) is 1.37. The molecule has 0 aliphatic rings. The number of hydrogen-bond donors (Lipinski definition) is 0. The molecule has 94 valence electrons. The fourth-order valence-electron chi connectivity index (χ4n) is 1.39. The molecule has 0 saturated heterocycles. The van der Waals surface area contributed by atoms with Crippen LogP contribution in [0.1, 0.15) is 18.4 Å².